The molecule has 0 saturated carbocycles. The minimum atomic E-state index is -0.0996. The second-order valence-corrected chi connectivity index (χ2v) is 4.48. The lowest BCUT2D eigenvalue weighted by atomic mass is 10.2. The molecule has 1 heterocycles. The molecule has 0 aliphatic rings. The summed E-state index contributed by atoms with van der Waals surface area (Å²) in [5.74, 6) is 0.817. The number of aryl methyl sites for hydroxylation is 1. The van der Waals surface area contributed by atoms with Crippen LogP contribution >= 0.6 is 23.8 Å². The van der Waals surface area contributed by atoms with Gasteiger partial charge in [0.15, 0.2) is 11.5 Å². The van der Waals surface area contributed by atoms with Crippen LogP contribution in [0.25, 0.3) is 0 Å². The minimum absolute atomic E-state index is 0.0996. The monoisotopic (exact) mass is 298 g/mol. The number of nitrogens with zero attached hydrogens (tertiary/aromatic N) is 3. The number of H-pyrrole nitrogens is 1. The molecule has 0 bridgehead atoms. The molecule has 0 saturated heterocycles. The van der Waals surface area contributed by atoms with Crippen LogP contribution in [-0.2, 0) is 0 Å². The summed E-state index contributed by atoms with van der Waals surface area (Å²) in [6.45, 7) is 1.77. The zero-order valence-electron chi connectivity index (χ0n) is 10.2. The van der Waals surface area contributed by atoms with E-state index in [1.165, 1.54) is 11.8 Å². The highest BCUT2D eigenvalue weighted by atomic mass is 35.5. The number of benzene rings is 1. The number of phenolic OH excluding ortho intramolecular Hbond substituents is 1. The molecule has 0 aliphatic heterocycles. The van der Waals surface area contributed by atoms with E-state index < -0.39 is 0 Å². The average molecular weight is 299 g/mol. The van der Waals surface area contributed by atoms with Gasteiger partial charge >= 0.3 is 0 Å². The number of rotatable bonds is 3. The average Bonchev–Trinajstić information content (AvgIpc) is 2.70. The van der Waals surface area contributed by atoms with Crippen LogP contribution in [0.4, 0.5) is 0 Å². The zero-order valence-corrected chi connectivity index (χ0v) is 11.8. The van der Waals surface area contributed by atoms with Crippen molar-refractivity contribution in [2.45, 2.75) is 6.92 Å². The topological polar surface area (TPSA) is 75.4 Å². The molecule has 1 aromatic heterocycles. The van der Waals surface area contributed by atoms with E-state index in [0.29, 0.717) is 16.2 Å². The van der Waals surface area contributed by atoms with E-state index in [4.69, 9.17) is 28.6 Å². The van der Waals surface area contributed by atoms with Crippen LogP contribution in [0, 0.1) is 11.7 Å². The van der Waals surface area contributed by atoms with Crippen LogP contribution in [0.15, 0.2) is 17.2 Å². The third kappa shape index (κ3) is 2.77. The van der Waals surface area contributed by atoms with Gasteiger partial charge in [0.05, 0.1) is 18.3 Å². The second kappa shape index (κ2) is 5.41. The van der Waals surface area contributed by atoms with E-state index in [1.54, 1.807) is 25.3 Å². The van der Waals surface area contributed by atoms with E-state index in [0.717, 1.165) is 0 Å². The highest BCUT2D eigenvalue weighted by Gasteiger charge is 2.08. The summed E-state index contributed by atoms with van der Waals surface area (Å²) in [7, 11) is 1.45. The summed E-state index contributed by atoms with van der Waals surface area (Å²) >= 11 is 10.9. The van der Waals surface area contributed by atoms with Gasteiger partial charge in [-0.15, -0.1) is 0 Å². The van der Waals surface area contributed by atoms with Gasteiger partial charge in [0.1, 0.15) is 5.82 Å². The van der Waals surface area contributed by atoms with E-state index >= 15 is 0 Å². The lowest BCUT2D eigenvalue weighted by Crippen LogP contribution is -1.94. The molecule has 0 spiro atoms. The fraction of sp³-hybridized carbons (Fsp3) is 0.182. The number of nitrogens with one attached hydrogen (secondary N) is 1. The summed E-state index contributed by atoms with van der Waals surface area (Å²) in [6, 6.07) is 3.19. The first kappa shape index (κ1) is 13.6. The molecule has 2 aromatic rings. The number of aromatic hydroxyl groups is 1. The van der Waals surface area contributed by atoms with Crippen molar-refractivity contribution in [2.24, 2.45) is 5.10 Å². The van der Waals surface area contributed by atoms with Gasteiger partial charge in [0.2, 0.25) is 4.77 Å². The van der Waals surface area contributed by atoms with Crippen molar-refractivity contribution in [2.75, 3.05) is 7.11 Å². The first-order valence-electron chi connectivity index (χ1n) is 5.28. The van der Waals surface area contributed by atoms with Crippen molar-refractivity contribution >= 4 is 30.0 Å². The van der Waals surface area contributed by atoms with Gasteiger partial charge in [-0.1, -0.05) is 11.6 Å². The van der Waals surface area contributed by atoms with Crippen molar-refractivity contribution in [3.05, 3.63) is 33.3 Å². The summed E-state index contributed by atoms with van der Waals surface area (Å²) < 4.78 is 6.88. The molecule has 0 fully saturated rings. The number of ether oxygens (including phenoxy) is 1. The molecule has 0 radical (unpaired) electrons. The molecule has 0 amide bonds. The lowest BCUT2D eigenvalue weighted by molar-refractivity contribution is 0.373. The molecule has 1 aromatic carbocycles. The first-order chi connectivity index (χ1) is 9.02. The van der Waals surface area contributed by atoms with Crippen molar-refractivity contribution in [3.8, 4) is 11.5 Å². The van der Waals surface area contributed by atoms with Crippen molar-refractivity contribution in [3.63, 3.8) is 0 Å². The van der Waals surface area contributed by atoms with Gasteiger partial charge in [-0.25, -0.2) is 0 Å². The van der Waals surface area contributed by atoms with E-state index in [2.05, 4.69) is 15.3 Å². The molecule has 0 unspecified atom stereocenters. The molecule has 100 valence electrons. The molecule has 0 atom stereocenters. The van der Waals surface area contributed by atoms with Crippen molar-refractivity contribution < 1.29 is 9.84 Å². The van der Waals surface area contributed by atoms with Gasteiger partial charge in [0, 0.05) is 0 Å². The van der Waals surface area contributed by atoms with Crippen LogP contribution < -0.4 is 4.74 Å². The number of aromatic amines is 1. The predicted molar refractivity (Wildman–Crippen MR) is 74.8 cm³/mol. The van der Waals surface area contributed by atoms with Gasteiger partial charge < -0.3 is 9.84 Å². The number of aromatic nitrogens is 3. The molecular formula is C11H11ClN4O2S. The highest BCUT2D eigenvalue weighted by molar-refractivity contribution is 7.71. The SMILES string of the molecule is COc1cc(/C=N\n2c(C)n[nH]c2=S)cc(Cl)c1O. The standard InChI is InChI=1S/C11H11ClN4O2S/c1-6-14-15-11(19)16(6)13-5-7-3-8(12)10(17)9(4-7)18-2/h3-5,17H,1-2H3,(H,15,19)/b13-5-. The fourth-order valence-electron chi connectivity index (χ4n) is 1.45. The maximum Gasteiger partial charge on any atom is 0.216 e. The van der Waals surface area contributed by atoms with Crippen molar-refractivity contribution in [1.82, 2.24) is 14.9 Å². The molecule has 8 heteroatoms. The number of methoxy groups -OCH3 is 1. The Morgan fingerprint density at radius 3 is 2.89 bits per heavy atom. The Morgan fingerprint density at radius 2 is 2.32 bits per heavy atom. The quantitative estimate of drug-likeness (QED) is 0.674. The van der Waals surface area contributed by atoms with Crippen LogP contribution in [0.5, 0.6) is 11.5 Å². The normalized spacial score (nSPS) is 11.1. The Labute approximate surface area is 119 Å². The number of phenols is 1. The zero-order chi connectivity index (χ0) is 14.0. The Balaban J connectivity index is 2.39. The fourth-order valence-corrected chi connectivity index (χ4v) is 1.90. The minimum Gasteiger partial charge on any atom is -0.503 e. The first-order valence-corrected chi connectivity index (χ1v) is 6.06. The Bertz CT molecular complexity index is 692. The summed E-state index contributed by atoms with van der Waals surface area (Å²) in [6.07, 6.45) is 1.55. The molecule has 2 N–H and O–H groups in total. The third-order valence-electron chi connectivity index (χ3n) is 2.41. The van der Waals surface area contributed by atoms with Crippen LogP contribution in [0.1, 0.15) is 11.4 Å². The molecule has 2 rings (SSSR count). The van der Waals surface area contributed by atoms with E-state index in [9.17, 15) is 5.11 Å². The second-order valence-electron chi connectivity index (χ2n) is 3.69. The summed E-state index contributed by atoms with van der Waals surface area (Å²) in [4.78, 5) is 0. The lowest BCUT2D eigenvalue weighted by Gasteiger charge is -2.05. The van der Waals surface area contributed by atoms with Crippen molar-refractivity contribution in [1.29, 1.82) is 0 Å². The van der Waals surface area contributed by atoms with E-state index in [-0.39, 0.29) is 16.5 Å². The van der Waals surface area contributed by atoms with Crippen LogP contribution in [-0.4, -0.2) is 33.3 Å². The Morgan fingerprint density at radius 1 is 1.58 bits per heavy atom. The molecular weight excluding hydrogens is 288 g/mol. The smallest absolute Gasteiger partial charge is 0.216 e. The molecule has 19 heavy (non-hydrogen) atoms. The molecule has 0 aliphatic carbocycles. The maximum absolute atomic E-state index is 9.62. The third-order valence-corrected chi connectivity index (χ3v) is 2.96. The number of hydrogen-bond acceptors (Lipinski definition) is 5. The number of halogens is 1. The van der Waals surface area contributed by atoms with Gasteiger partial charge in [-0.05, 0) is 36.8 Å². The maximum atomic E-state index is 9.62. The number of hydrogen-bond donors (Lipinski definition) is 2. The van der Waals surface area contributed by atoms with Gasteiger partial charge in [-0.2, -0.15) is 14.9 Å². The molecule has 6 nitrogen and oxygen atoms in total. The predicted octanol–water partition coefficient (Wildman–Crippen LogP) is 2.50. The highest BCUT2D eigenvalue weighted by Crippen LogP contribution is 2.34. The van der Waals surface area contributed by atoms with Crippen LogP contribution in [0.3, 0.4) is 0 Å². The largest absolute Gasteiger partial charge is 0.503 e. The summed E-state index contributed by atoms with van der Waals surface area (Å²) in [5, 5.41) is 20.6. The van der Waals surface area contributed by atoms with Gasteiger partial charge in [-0.3, -0.25) is 5.10 Å². The Hall–Kier alpha value is -1.86. The van der Waals surface area contributed by atoms with Gasteiger partial charge in [0.25, 0.3) is 0 Å². The summed E-state index contributed by atoms with van der Waals surface area (Å²) in [5.41, 5.74) is 0.669. The van der Waals surface area contributed by atoms with Crippen LogP contribution in [0.2, 0.25) is 5.02 Å². The van der Waals surface area contributed by atoms with E-state index in [1.807, 2.05) is 0 Å². The Kier molecular flexibility index (Phi) is 3.87.